The molecule has 1 N–H and O–H groups in total. The van der Waals surface area contributed by atoms with E-state index in [2.05, 4.69) is 32.9 Å². The maximum absolute atomic E-state index is 10.7. The van der Waals surface area contributed by atoms with E-state index in [-0.39, 0.29) is 0 Å². The molecule has 0 aliphatic carbocycles. The maximum Gasteiger partial charge on any atom is 0.335 e. The third-order valence-electron chi connectivity index (χ3n) is 2.66. The predicted molar refractivity (Wildman–Crippen MR) is 75.7 cm³/mol. The lowest BCUT2D eigenvalue weighted by Gasteiger charge is -2.00. The molecular weight excluding hydrogens is 224 g/mol. The van der Waals surface area contributed by atoms with Crippen molar-refractivity contribution in [1.82, 2.24) is 0 Å². The van der Waals surface area contributed by atoms with Gasteiger partial charge in [-0.15, -0.1) is 0 Å². The van der Waals surface area contributed by atoms with E-state index in [4.69, 9.17) is 5.11 Å². The zero-order chi connectivity index (χ0) is 13.5. The van der Waals surface area contributed by atoms with Crippen LogP contribution in [0.3, 0.4) is 0 Å². The van der Waals surface area contributed by atoms with Gasteiger partial charge >= 0.3 is 5.97 Å². The highest BCUT2D eigenvalue weighted by molar-refractivity contribution is 5.87. The molecule has 0 aromatic heterocycles. The zero-order valence-corrected chi connectivity index (χ0v) is 11.2. The van der Waals surface area contributed by atoms with Crippen LogP contribution < -0.4 is 0 Å². The number of rotatable bonds is 5. The van der Waals surface area contributed by atoms with Gasteiger partial charge in [0, 0.05) is 0 Å². The Kier molecular flexibility index (Phi) is 5.37. The molecule has 1 aromatic carbocycles. The van der Waals surface area contributed by atoms with Crippen molar-refractivity contribution in [1.29, 1.82) is 0 Å². The van der Waals surface area contributed by atoms with E-state index >= 15 is 0 Å². The molecule has 0 spiro atoms. The second-order valence-corrected chi connectivity index (χ2v) is 4.74. The monoisotopic (exact) mass is 244 g/mol. The molecule has 0 bridgehead atoms. The minimum atomic E-state index is -0.884. The molecule has 1 aromatic rings. The molecular formula is C16H20O2. The number of allylic oxidation sites excluding steroid dienone is 3. The van der Waals surface area contributed by atoms with Crippen LogP contribution in [0.2, 0.25) is 0 Å². The van der Waals surface area contributed by atoms with Gasteiger partial charge in [0.2, 0.25) is 0 Å². The molecule has 0 unspecified atom stereocenters. The van der Waals surface area contributed by atoms with Gasteiger partial charge in [-0.25, -0.2) is 4.79 Å². The van der Waals surface area contributed by atoms with Gasteiger partial charge < -0.3 is 5.11 Å². The van der Waals surface area contributed by atoms with Crippen LogP contribution in [0.1, 0.15) is 49.5 Å². The van der Waals surface area contributed by atoms with Gasteiger partial charge in [-0.1, -0.05) is 35.4 Å². The highest BCUT2D eigenvalue weighted by atomic mass is 16.4. The van der Waals surface area contributed by atoms with E-state index < -0.39 is 5.97 Å². The van der Waals surface area contributed by atoms with Crippen molar-refractivity contribution >= 4 is 12.0 Å². The van der Waals surface area contributed by atoms with Gasteiger partial charge in [-0.2, -0.15) is 0 Å². The van der Waals surface area contributed by atoms with Gasteiger partial charge in [0.1, 0.15) is 0 Å². The Morgan fingerprint density at radius 1 is 1.17 bits per heavy atom. The molecule has 2 nitrogen and oxygen atoms in total. The summed E-state index contributed by atoms with van der Waals surface area (Å²) in [5, 5.41) is 8.80. The molecule has 0 aliphatic heterocycles. The summed E-state index contributed by atoms with van der Waals surface area (Å²) in [7, 11) is 0. The van der Waals surface area contributed by atoms with Crippen LogP contribution in [0.5, 0.6) is 0 Å². The van der Waals surface area contributed by atoms with Crippen molar-refractivity contribution in [2.24, 2.45) is 0 Å². The summed E-state index contributed by atoms with van der Waals surface area (Å²) in [6.45, 7) is 6.30. The smallest absolute Gasteiger partial charge is 0.335 e. The molecule has 0 fully saturated rings. The van der Waals surface area contributed by atoms with Gasteiger partial charge in [0.25, 0.3) is 0 Å². The minimum Gasteiger partial charge on any atom is -0.478 e. The molecule has 0 saturated carbocycles. The molecule has 0 heterocycles. The second kappa shape index (κ2) is 6.80. The number of hydrogen-bond donors (Lipinski definition) is 1. The molecule has 0 atom stereocenters. The van der Waals surface area contributed by atoms with Crippen molar-refractivity contribution < 1.29 is 9.90 Å². The summed E-state index contributed by atoms with van der Waals surface area (Å²) < 4.78 is 0. The summed E-state index contributed by atoms with van der Waals surface area (Å²) >= 11 is 0. The van der Waals surface area contributed by atoms with Crippen molar-refractivity contribution in [2.45, 2.75) is 33.6 Å². The molecule has 0 radical (unpaired) electrons. The largest absolute Gasteiger partial charge is 0.478 e. The van der Waals surface area contributed by atoms with E-state index in [0.717, 1.165) is 18.4 Å². The van der Waals surface area contributed by atoms with E-state index in [9.17, 15) is 4.79 Å². The van der Waals surface area contributed by atoms with Crippen LogP contribution in [-0.2, 0) is 0 Å². The van der Waals surface area contributed by atoms with Crippen molar-refractivity contribution in [3.63, 3.8) is 0 Å². The molecule has 18 heavy (non-hydrogen) atoms. The molecule has 0 saturated heterocycles. The Morgan fingerprint density at radius 3 is 2.28 bits per heavy atom. The van der Waals surface area contributed by atoms with Gasteiger partial charge in [-0.3, -0.25) is 0 Å². The quantitative estimate of drug-likeness (QED) is 0.772. The molecule has 1 rings (SSSR count). The third kappa shape index (κ3) is 5.00. The number of carboxylic acid groups (broad SMARTS) is 1. The van der Waals surface area contributed by atoms with Crippen molar-refractivity contribution in [3.05, 3.63) is 52.6 Å². The Morgan fingerprint density at radius 2 is 1.78 bits per heavy atom. The zero-order valence-electron chi connectivity index (χ0n) is 11.2. The first-order valence-electron chi connectivity index (χ1n) is 6.13. The summed E-state index contributed by atoms with van der Waals surface area (Å²) in [4.78, 5) is 10.7. The van der Waals surface area contributed by atoms with E-state index in [1.54, 1.807) is 12.1 Å². The standard InChI is InChI=1S/C16H20O2/c1-12(2)5-4-6-13(3)11-14-7-9-15(10-8-14)16(17)18/h5,7-11H,4,6H2,1-3H3,(H,17,18). The van der Waals surface area contributed by atoms with Crippen LogP contribution in [0.4, 0.5) is 0 Å². The number of aromatic carboxylic acids is 1. The number of carboxylic acids is 1. The Labute approximate surface area is 109 Å². The van der Waals surface area contributed by atoms with Crippen LogP contribution in [0.15, 0.2) is 41.5 Å². The molecule has 96 valence electrons. The molecule has 0 amide bonds. The lowest BCUT2D eigenvalue weighted by molar-refractivity contribution is 0.0697. The second-order valence-electron chi connectivity index (χ2n) is 4.74. The van der Waals surface area contributed by atoms with E-state index in [1.807, 2.05) is 12.1 Å². The summed E-state index contributed by atoms with van der Waals surface area (Å²) in [6, 6.07) is 6.96. The first kappa shape index (κ1) is 14.2. The summed E-state index contributed by atoms with van der Waals surface area (Å²) in [5.41, 5.74) is 4.02. The van der Waals surface area contributed by atoms with Gasteiger partial charge in [0.05, 0.1) is 5.56 Å². The average molecular weight is 244 g/mol. The summed E-state index contributed by atoms with van der Waals surface area (Å²) in [5.74, 6) is -0.884. The lowest BCUT2D eigenvalue weighted by atomic mass is 10.1. The van der Waals surface area contributed by atoms with Crippen LogP contribution >= 0.6 is 0 Å². The van der Waals surface area contributed by atoms with Gasteiger partial charge in [0.15, 0.2) is 0 Å². The number of hydrogen-bond acceptors (Lipinski definition) is 1. The first-order chi connectivity index (χ1) is 8.49. The first-order valence-corrected chi connectivity index (χ1v) is 6.13. The predicted octanol–water partition coefficient (Wildman–Crippen LogP) is 4.53. The fraction of sp³-hybridized carbons (Fsp3) is 0.312. The third-order valence-corrected chi connectivity index (χ3v) is 2.66. The van der Waals surface area contributed by atoms with Gasteiger partial charge in [-0.05, 0) is 51.3 Å². The summed E-state index contributed by atoms with van der Waals surface area (Å²) in [6.07, 6.45) is 6.42. The van der Waals surface area contributed by atoms with Crippen LogP contribution in [0, 0.1) is 0 Å². The topological polar surface area (TPSA) is 37.3 Å². The Balaban J connectivity index is 2.65. The van der Waals surface area contributed by atoms with Crippen LogP contribution in [-0.4, -0.2) is 11.1 Å². The van der Waals surface area contributed by atoms with E-state index in [0.29, 0.717) is 5.56 Å². The number of carbonyl (C=O) groups is 1. The average Bonchev–Trinajstić information content (AvgIpc) is 2.29. The minimum absolute atomic E-state index is 0.328. The van der Waals surface area contributed by atoms with E-state index in [1.165, 1.54) is 11.1 Å². The fourth-order valence-electron chi connectivity index (χ4n) is 1.67. The Hall–Kier alpha value is -1.83. The van der Waals surface area contributed by atoms with Crippen molar-refractivity contribution in [3.8, 4) is 0 Å². The molecule has 0 aliphatic rings. The highest BCUT2D eigenvalue weighted by Crippen LogP contribution is 2.13. The van der Waals surface area contributed by atoms with Crippen LogP contribution in [0.25, 0.3) is 6.08 Å². The molecule has 2 heteroatoms. The maximum atomic E-state index is 10.7. The normalized spacial score (nSPS) is 11.2. The van der Waals surface area contributed by atoms with Crippen molar-refractivity contribution in [2.75, 3.05) is 0 Å². The number of benzene rings is 1. The highest BCUT2D eigenvalue weighted by Gasteiger charge is 2.00. The Bertz CT molecular complexity index is 460. The SMILES string of the molecule is CC(C)=CCCC(C)=Cc1ccc(C(=O)O)cc1. The lowest BCUT2D eigenvalue weighted by Crippen LogP contribution is -1.94. The fourth-order valence-corrected chi connectivity index (χ4v) is 1.67.